The van der Waals surface area contributed by atoms with Gasteiger partial charge in [-0.1, -0.05) is 17.4 Å². The third-order valence-electron chi connectivity index (χ3n) is 2.88. The maximum atomic E-state index is 13.5. The van der Waals surface area contributed by atoms with Gasteiger partial charge in [0.15, 0.2) is 5.13 Å². The lowest BCUT2D eigenvalue weighted by Crippen LogP contribution is -2.11. The first-order valence-corrected chi connectivity index (χ1v) is 6.79. The highest BCUT2D eigenvalue weighted by molar-refractivity contribution is 7.22. The second-order valence-corrected chi connectivity index (χ2v) is 5.42. The maximum Gasteiger partial charge on any atom is 0.260 e. The van der Waals surface area contributed by atoms with Crippen molar-refractivity contribution in [1.29, 1.82) is 0 Å². The highest BCUT2D eigenvalue weighted by Gasteiger charge is 2.16. The number of hydrogen-bond acceptors (Lipinski definition) is 4. The number of halogens is 1. The zero-order chi connectivity index (χ0) is 14.3. The topological polar surface area (TPSA) is 55.1 Å². The van der Waals surface area contributed by atoms with E-state index in [0.717, 1.165) is 0 Å². The van der Waals surface area contributed by atoms with Crippen molar-refractivity contribution < 1.29 is 13.6 Å². The highest BCUT2D eigenvalue weighted by atomic mass is 32.1. The lowest BCUT2D eigenvalue weighted by molar-refractivity contribution is 0.102. The fourth-order valence-electron chi connectivity index (χ4n) is 1.99. The van der Waals surface area contributed by atoms with E-state index >= 15 is 0 Å². The Morgan fingerprint density at radius 2 is 2.20 bits per heavy atom. The third-order valence-corrected chi connectivity index (χ3v) is 3.81. The van der Waals surface area contributed by atoms with E-state index in [1.807, 2.05) is 0 Å². The lowest BCUT2D eigenvalue weighted by atomic mass is 10.2. The molecule has 2 heterocycles. The number of carbonyl (C=O) groups is 1. The normalized spacial score (nSPS) is 10.9. The Bertz CT molecular complexity index is 807. The highest BCUT2D eigenvalue weighted by Crippen LogP contribution is 2.28. The summed E-state index contributed by atoms with van der Waals surface area (Å²) in [6, 6.07) is 6.39. The van der Waals surface area contributed by atoms with Gasteiger partial charge in [-0.05, 0) is 32.0 Å². The summed E-state index contributed by atoms with van der Waals surface area (Å²) in [7, 11) is 0. The van der Waals surface area contributed by atoms with Crippen LogP contribution in [0.25, 0.3) is 10.2 Å². The molecule has 0 bridgehead atoms. The molecule has 0 saturated carbocycles. The van der Waals surface area contributed by atoms with Crippen LogP contribution in [0.5, 0.6) is 0 Å². The minimum absolute atomic E-state index is 0.271. The van der Waals surface area contributed by atoms with Gasteiger partial charge in [0.05, 0.1) is 10.3 Å². The number of aromatic nitrogens is 1. The van der Waals surface area contributed by atoms with Gasteiger partial charge in [-0.3, -0.25) is 10.1 Å². The molecule has 0 aliphatic rings. The average molecular weight is 290 g/mol. The number of para-hydroxylation sites is 1. The van der Waals surface area contributed by atoms with Crippen molar-refractivity contribution >= 4 is 32.6 Å². The van der Waals surface area contributed by atoms with Gasteiger partial charge >= 0.3 is 0 Å². The number of benzene rings is 1. The molecule has 0 radical (unpaired) electrons. The average Bonchev–Trinajstić information content (AvgIpc) is 2.93. The minimum Gasteiger partial charge on any atom is -0.466 e. The van der Waals surface area contributed by atoms with E-state index in [0.29, 0.717) is 26.9 Å². The van der Waals surface area contributed by atoms with Crippen LogP contribution in [-0.4, -0.2) is 10.9 Å². The van der Waals surface area contributed by atoms with Gasteiger partial charge in [0.2, 0.25) is 0 Å². The summed E-state index contributed by atoms with van der Waals surface area (Å²) < 4.78 is 19.6. The molecule has 0 fully saturated rings. The Kier molecular flexibility index (Phi) is 3.02. The van der Waals surface area contributed by atoms with E-state index in [-0.39, 0.29) is 11.4 Å². The molecule has 4 nitrogen and oxygen atoms in total. The van der Waals surface area contributed by atoms with Crippen LogP contribution in [-0.2, 0) is 0 Å². The first-order chi connectivity index (χ1) is 9.54. The monoisotopic (exact) mass is 290 g/mol. The van der Waals surface area contributed by atoms with Gasteiger partial charge in [-0.15, -0.1) is 0 Å². The Balaban J connectivity index is 1.91. The van der Waals surface area contributed by atoms with Crippen LogP contribution in [0.3, 0.4) is 0 Å². The summed E-state index contributed by atoms with van der Waals surface area (Å²) in [5.74, 6) is 0.517. The van der Waals surface area contributed by atoms with Gasteiger partial charge in [-0.25, -0.2) is 9.37 Å². The van der Waals surface area contributed by atoms with Gasteiger partial charge in [0, 0.05) is 0 Å². The SMILES string of the molecule is Cc1cc(C(=O)Nc2nc3c(F)cccc3s2)c(C)o1. The third kappa shape index (κ3) is 2.18. The molecule has 1 N–H and O–H groups in total. The summed E-state index contributed by atoms with van der Waals surface area (Å²) in [6.45, 7) is 3.50. The van der Waals surface area contributed by atoms with E-state index < -0.39 is 5.82 Å². The lowest BCUT2D eigenvalue weighted by Gasteiger charge is -1.98. The number of hydrogen-bond donors (Lipinski definition) is 1. The Morgan fingerprint density at radius 3 is 2.85 bits per heavy atom. The zero-order valence-corrected chi connectivity index (χ0v) is 11.7. The van der Waals surface area contributed by atoms with Crippen LogP contribution in [0.4, 0.5) is 9.52 Å². The summed E-state index contributed by atoms with van der Waals surface area (Å²) in [4.78, 5) is 16.2. The summed E-state index contributed by atoms with van der Waals surface area (Å²) in [6.07, 6.45) is 0. The summed E-state index contributed by atoms with van der Waals surface area (Å²) >= 11 is 1.23. The Labute approximate surface area is 118 Å². The summed E-state index contributed by atoms with van der Waals surface area (Å²) in [5, 5.41) is 3.04. The number of amides is 1. The standard InChI is InChI=1S/C14H11FN2O2S/c1-7-6-9(8(2)19-7)13(18)17-14-16-12-10(15)4-3-5-11(12)20-14/h3-6H,1-2H3,(H,16,17,18). The number of carbonyl (C=O) groups excluding carboxylic acids is 1. The van der Waals surface area contributed by atoms with E-state index in [4.69, 9.17) is 4.42 Å². The van der Waals surface area contributed by atoms with Crippen LogP contribution in [0, 0.1) is 19.7 Å². The predicted molar refractivity (Wildman–Crippen MR) is 75.7 cm³/mol. The molecule has 0 saturated heterocycles. The first kappa shape index (κ1) is 12.8. The molecule has 1 amide bonds. The molecule has 3 rings (SSSR count). The van der Waals surface area contributed by atoms with Crippen LogP contribution < -0.4 is 5.32 Å². The second-order valence-electron chi connectivity index (χ2n) is 4.39. The van der Waals surface area contributed by atoms with E-state index in [1.165, 1.54) is 17.4 Å². The fraction of sp³-hybridized carbons (Fsp3) is 0.143. The fourth-order valence-corrected chi connectivity index (χ4v) is 2.86. The molecular weight excluding hydrogens is 279 g/mol. The van der Waals surface area contributed by atoms with E-state index in [1.54, 1.807) is 32.0 Å². The van der Waals surface area contributed by atoms with Crippen molar-refractivity contribution in [3.8, 4) is 0 Å². The van der Waals surface area contributed by atoms with Gasteiger partial charge in [0.25, 0.3) is 5.91 Å². The molecule has 2 aromatic heterocycles. The first-order valence-electron chi connectivity index (χ1n) is 5.98. The van der Waals surface area contributed by atoms with Crippen LogP contribution in [0.1, 0.15) is 21.9 Å². The van der Waals surface area contributed by atoms with Crippen molar-refractivity contribution in [2.24, 2.45) is 0 Å². The van der Waals surface area contributed by atoms with Crippen LogP contribution in [0.15, 0.2) is 28.7 Å². The van der Waals surface area contributed by atoms with Gasteiger partial charge in [-0.2, -0.15) is 0 Å². The predicted octanol–water partition coefficient (Wildman–Crippen LogP) is 3.90. The van der Waals surface area contributed by atoms with Crippen molar-refractivity contribution in [2.75, 3.05) is 5.32 Å². The van der Waals surface area contributed by atoms with E-state index in [9.17, 15) is 9.18 Å². The number of anilines is 1. The zero-order valence-electron chi connectivity index (χ0n) is 10.9. The number of rotatable bonds is 2. The molecule has 3 aromatic rings. The molecular formula is C14H11FN2O2S. The maximum absolute atomic E-state index is 13.5. The number of nitrogens with one attached hydrogen (secondary N) is 1. The Morgan fingerprint density at radius 1 is 1.40 bits per heavy atom. The minimum atomic E-state index is -0.394. The number of furan rings is 1. The molecule has 0 spiro atoms. The Hall–Kier alpha value is -2.21. The number of nitrogens with zero attached hydrogens (tertiary/aromatic N) is 1. The number of aryl methyl sites for hydroxylation is 2. The van der Waals surface area contributed by atoms with E-state index in [2.05, 4.69) is 10.3 Å². The van der Waals surface area contributed by atoms with Gasteiger partial charge in [0.1, 0.15) is 22.9 Å². The van der Waals surface area contributed by atoms with Gasteiger partial charge < -0.3 is 4.42 Å². The van der Waals surface area contributed by atoms with Crippen LogP contribution >= 0.6 is 11.3 Å². The molecule has 6 heteroatoms. The van der Waals surface area contributed by atoms with Crippen molar-refractivity contribution in [3.63, 3.8) is 0 Å². The molecule has 20 heavy (non-hydrogen) atoms. The van der Waals surface area contributed by atoms with Crippen molar-refractivity contribution in [2.45, 2.75) is 13.8 Å². The van der Waals surface area contributed by atoms with Crippen molar-refractivity contribution in [1.82, 2.24) is 4.98 Å². The molecule has 0 atom stereocenters. The molecule has 0 aliphatic heterocycles. The van der Waals surface area contributed by atoms with Crippen molar-refractivity contribution in [3.05, 3.63) is 47.2 Å². The number of fused-ring (bicyclic) bond motifs is 1. The molecule has 0 unspecified atom stereocenters. The molecule has 0 aliphatic carbocycles. The number of thiazole rings is 1. The van der Waals surface area contributed by atoms with Crippen LogP contribution in [0.2, 0.25) is 0 Å². The molecule has 102 valence electrons. The smallest absolute Gasteiger partial charge is 0.260 e. The quantitative estimate of drug-likeness (QED) is 0.778. The summed E-state index contributed by atoms with van der Waals surface area (Å²) in [5.41, 5.74) is 0.732. The largest absolute Gasteiger partial charge is 0.466 e. The molecule has 1 aromatic carbocycles. The second kappa shape index (κ2) is 4.72.